The highest BCUT2D eigenvalue weighted by molar-refractivity contribution is 7.14. The first kappa shape index (κ1) is 18.0. The molecule has 0 bridgehead atoms. The Morgan fingerprint density at radius 1 is 1.19 bits per heavy atom. The van der Waals surface area contributed by atoms with Crippen LogP contribution in [0.3, 0.4) is 0 Å². The number of ether oxygens (including phenoxy) is 1. The minimum atomic E-state index is -0.984. The molecule has 1 aromatic carbocycles. The zero-order chi connectivity index (χ0) is 18.5. The smallest absolute Gasteiger partial charge is 0.340 e. The van der Waals surface area contributed by atoms with Crippen LogP contribution in [-0.2, 0) is 9.53 Å². The Kier molecular flexibility index (Phi) is 5.60. The van der Waals surface area contributed by atoms with E-state index in [1.807, 2.05) is 35.7 Å². The van der Waals surface area contributed by atoms with Crippen LogP contribution in [-0.4, -0.2) is 27.9 Å². The van der Waals surface area contributed by atoms with Crippen LogP contribution in [0.15, 0.2) is 54.0 Å². The monoisotopic (exact) mass is 387 g/mol. The number of nitrogens with zero attached hydrogens (tertiary/aromatic N) is 2. The van der Waals surface area contributed by atoms with Gasteiger partial charge < -0.3 is 4.74 Å². The van der Waals surface area contributed by atoms with Crippen molar-refractivity contribution in [2.24, 2.45) is 0 Å². The summed E-state index contributed by atoms with van der Waals surface area (Å²) in [7, 11) is 0. The first-order valence-corrected chi connectivity index (χ1v) is 8.93. The number of thiazole rings is 1. The van der Waals surface area contributed by atoms with E-state index in [9.17, 15) is 9.59 Å². The Hall–Kier alpha value is -2.77. The molecule has 0 aliphatic heterocycles. The highest BCUT2D eigenvalue weighted by Gasteiger charge is 2.20. The minimum absolute atomic E-state index is 0.217. The molecule has 6 nitrogen and oxygen atoms in total. The lowest BCUT2D eigenvalue weighted by Gasteiger charge is -2.12. The van der Waals surface area contributed by atoms with Gasteiger partial charge in [0.15, 0.2) is 11.2 Å². The molecule has 2 aromatic heterocycles. The highest BCUT2D eigenvalue weighted by Crippen LogP contribution is 2.24. The van der Waals surface area contributed by atoms with Crippen molar-refractivity contribution >= 4 is 39.9 Å². The van der Waals surface area contributed by atoms with Gasteiger partial charge in [-0.05, 0) is 19.1 Å². The molecular weight excluding hydrogens is 374 g/mol. The molecule has 3 rings (SSSR count). The topological polar surface area (TPSA) is 81.2 Å². The van der Waals surface area contributed by atoms with Crippen molar-refractivity contribution in [2.45, 2.75) is 13.0 Å². The molecule has 0 radical (unpaired) electrons. The van der Waals surface area contributed by atoms with E-state index in [0.717, 1.165) is 11.3 Å². The number of hydrogen-bond acceptors (Lipinski definition) is 6. The molecular formula is C18H14ClN3O3S. The van der Waals surface area contributed by atoms with Gasteiger partial charge in [0, 0.05) is 17.1 Å². The summed E-state index contributed by atoms with van der Waals surface area (Å²) in [5.74, 6) is -1.12. The Labute approximate surface area is 158 Å². The van der Waals surface area contributed by atoms with Crippen LogP contribution in [0.25, 0.3) is 11.3 Å². The molecule has 1 atom stereocenters. The van der Waals surface area contributed by atoms with Gasteiger partial charge in [-0.25, -0.2) is 14.8 Å². The third-order valence-corrected chi connectivity index (χ3v) is 4.40. The average molecular weight is 388 g/mol. The maximum absolute atomic E-state index is 12.2. The van der Waals surface area contributed by atoms with Crippen molar-refractivity contribution < 1.29 is 14.3 Å². The number of pyridine rings is 1. The summed E-state index contributed by atoms with van der Waals surface area (Å²) in [6.07, 6.45) is 0.310. The molecule has 26 heavy (non-hydrogen) atoms. The normalized spacial score (nSPS) is 11.6. The molecule has 8 heteroatoms. The fourth-order valence-electron chi connectivity index (χ4n) is 2.06. The average Bonchev–Trinajstić information content (AvgIpc) is 3.11. The zero-order valence-electron chi connectivity index (χ0n) is 13.7. The first-order valence-electron chi connectivity index (χ1n) is 7.67. The Bertz CT molecular complexity index is 913. The Morgan fingerprint density at radius 3 is 2.65 bits per heavy atom. The van der Waals surface area contributed by atoms with Crippen molar-refractivity contribution in [3.8, 4) is 11.3 Å². The van der Waals surface area contributed by atoms with Crippen LogP contribution in [0.2, 0.25) is 5.15 Å². The van der Waals surface area contributed by atoms with E-state index in [2.05, 4.69) is 15.3 Å². The second kappa shape index (κ2) is 8.07. The summed E-state index contributed by atoms with van der Waals surface area (Å²) in [5.41, 5.74) is 1.94. The number of carbonyl (C=O) groups excluding carboxylic acids is 2. The summed E-state index contributed by atoms with van der Waals surface area (Å²) in [6, 6.07) is 12.6. The molecule has 1 N–H and O–H groups in total. The summed E-state index contributed by atoms with van der Waals surface area (Å²) < 4.78 is 5.14. The largest absolute Gasteiger partial charge is 0.449 e. The fraction of sp³-hybridized carbons (Fsp3) is 0.111. The van der Waals surface area contributed by atoms with E-state index >= 15 is 0 Å². The Balaban J connectivity index is 1.60. The molecule has 0 aliphatic rings. The van der Waals surface area contributed by atoms with E-state index in [4.69, 9.17) is 16.3 Å². The molecule has 0 saturated carbocycles. The molecule has 0 saturated heterocycles. The lowest BCUT2D eigenvalue weighted by molar-refractivity contribution is -0.123. The van der Waals surface area contributed by atoms with Gasteiger partial charge in [0.25, 0.3) is 5.91 Å². The fourth-order valence-corrected chi connectivity index (χ4v) is 2.89. The van der Waals surface area contributed by atoms with Gasteiger partial charge in [-0.3, -0.25) is 10.1 Å². The quantitative estimate of drug-likeness (QED) is 0.527. The van der Waals surface area contributed by atoms with Crippen LogP contribution in [0.1, 0.15) is 17.3 Å². The third kappa shape index (κ3) is 4.44. The summed E-state index contributed by atoms with van der Waals surface area (Å²) in [4.78, 5) is 32.4. The number of rotatable bonds is 5. The number of carbonyl (C=O) groups is 2. The number of esters is 1. The molecule has 0 unspecified atom stereocenters. The van der Waals surface area contributed by atoms with Gasteiger partial charge in [0.2, 0.25) is 0 Å². The maximum atomic E-state index is 12.2. The lowest BCUT2D eigenvalue weighted by Crippen LogP contribution is -2.30. The van der Waals surface area contributed by atoms with Crippen molar-refractivity contribution in [3.63, 3.8) is 0 Å². The molecule has 0 aliphatic carbocycles. The number of aromatic nitrogens is 2. The standard InChI is InChI=1S/C18H14ClN3O3S/c1-11(25-17(24)13-7-8-15(19)20-9-13)16(23)22-18-21-14(10-26-18)12-5-3-2-4-6-12/h2-11H,1H3,(H,21,22,23)/t11-/m1/s1. The van der Waals surface area contributed by atoms with E-state index in [-0.39, 0.29) is 10.7 Å². The molecule has 0 fully saturated rings. The van der Waals surface area contributed by atoms with Crippen LogP contribution >= 0.6 is 22.9 Å². The minimum Gasteiger partial charge on any atom is -0.449 e. The zero-order valence-corrected chi connectivity index (χ0v) is 15.3. The first-order chi connectivity index (χ1) is 12.5. The second-order valence-corrected chi connectivity index (χ2v) is 6.56. The van der Waals surface area contributed by atoms with Gasteiger partial charge in [0.1, 0.15) is 5.15 Å². The van der Waals surface area contributed by atoms with Crippen molar-refractivity contribution in [1.29, 1.82) is 0 Å². The van der Waals surface area contributed by atoms with Crippen molar-refractivity contribution in [3.05, 3.63) is 64.8 Å². The van der Waals surface area contributed by atoms with E-state index in [1.54, 1.807) is 0 Å². The summed E-state index contributed by atoms with van der Waals surface area (Å²) in [5, 5.41) is 5.20. The molecule has 2 heterocycles. The predicted octanol–water partition coefficient (Wildman–Crippen LogP) is 4.04. The van der Waals surface area contributed by atoms with Crippen molar-refractivity contribution in [2.75, 3.05) is 5.32 Å². The molecule has 3 aromatic rings. The SMILES string of the molecule is C[C@@H](OC(=O)c1ccc(Cl)nc1)C(=O)Nc1nc(-c2ccccc2)cs1. The molecule has 132 valence electrons. The van der Waals surface area contributed by atoms with Gasteiger partial charge >= 0.3 is 5.97 Å². The van der Waals surface area contributed by atoms with E-state index in [1.165, 1.54) is 36.6 Å². The number of halogens is 1. The third-order valence-electron chi connectivity index (χ3n) is 3.42. The number of amides is 1. The number of anilines is 1. The Morgan fingerprint density at radius 2 is 1.96 bits per heavy atom. The lowest BCUT2D eigenvalue weighted by atomic mass is 10.2. The van der Waals surface area contributed by atoms with Crippen LogP contribution < -0.4 is 5.32 Å². The highest BCUT2D eigenvalue weighted by atomic mass is 35.5. The van der Waals surface area contributed by atoms with E-state index in [0.29, 0.717) is 5.13 Å². The van der Waals surface area contributed by atoms with Crippen LogP contribution in [0.5, 0.6) is 0 Å². The van der Waals surface area contributed by atoms with Gasteiger partial charge in [-0.1, -0.05) is 41.9 Å². The van der Waals surface area contributed by atoms with E-state index < -0.39 is 18.0 Å². The van der Waals surface area contributed by atoms with Crippen molar-refractivity contribution in [1.82, 2.24) is 9.97 Å². The molecule has 0 spiro atoms. The number of hydrogen-bond donors (Lipinski definition) is 1. The van der Waals surface area contributed by atoms with Gasteiger partial charge in [-0.2, -0.15) is 0 Å². The number of benzene rings is 1. The van der Waals surface area contributed by atoms with Crippen LogP contribution in [0.4, 0.5) is 5.13 Å². The summed E-state index contributed by atoms with van der Waals surface area (Å²) in [6.45, 7) is 1.49. The summed E-state index contributed by atoms with van der Waals surface area (Å²) >= 11 is 6.97. The second-order valence-electron chi connectivity index (χ2n) is 5.31. The molecule has 1 amide bonds. The van der Waals surface area contributed by atoms with Crippen LogP contribution in [0, 0.1) is 0 Å². The van der Waals surface area contributed by atoms with Gasteiger partial charge in [-0.15, -0.1) is 11.3 Å². The number of nitrogens with one attached hydrogen (secondary N) is 1. The maximum Gasteiger partial charge on any atom is 0.340 e. The van der Waals surface area contributed by atoms with Gasteiger partial charge in [0.05, 0.1) is 11.3 Å². The predicted molar refractivity (Wildman–Crippen MR) is 100 cm³/mol.